The van der Waals surface area contributed by atoms with Crippen LogP contribution < -0.4 is 20.3 Å². The van der Waals surface area contributed by atoms with Crippen molar-refractivity contribution in [3.63, 3.8) is 0 Å². The molecular weight excluding hydrogens is 523 g/mol. The Kier molecular flexibility index (Phi) is 8.29. The summed E-state index contributed by atoms with van der Waals surface area (Å²) >= 11 is 0. The minimum atomic E-state index is -5.26. The van der Waals surface area contributed by atoms with E-state index in [4.69, 9.17) is 9.47 Å². The number of esters is 1. The summed E-state index contributed by atoms with van der Waals surface area (Å²) in [4.78, 5) is 34.0. The fourth-order valence-electron chi connectivity index (χ4n) is 3.47. The van der Waals surface area contributed by atoms with Crippen LogP contribution in [0, 0.1) is 0 Å². The highest BCUT2D eigenvalue weighted by Crippen LogP contribution is 2.29. The Bertz CT molecular complexity index is 1360. The molecule has 0 radical (unpaired) electrons. The number of hydrogen-bond donors (Lipinski definition) is 2. The van der Waals surface area contributed by atoms with Crippen LogP contribution in [0.2, 0.25) is 0 Å². The maximum absolute atomic E-state index is 12.4. The number of aryl methyl sites for hydroxylation is 1. The van der Waals surface area contributed by atoms with Gasteiger partial charge in [-0.15, -0.1) is 0 Å². The van der Waals surface area contributed by atoms with E-state index in [0.717, 1.165) is 0 Å². The number of anilines is 4. The Labute approximate surface area is 220 Å². The van der Waals surface area contributed by atoms with E-state index >= 15 is 0 Å². The summed E-state index contributed by atoms with van der Waals surface area (Å²) in [6.45, 7) is 5.45. The van der Waals surface area contributed by atoms with Crippen molar-refractivity contribution in [3.05, 3.63) is 60.8 Å². The molecule has 2 N–H and O–H groups in total. The first-order valence-electron chi connectivity index (χ1n) is 11.5. The van der Waals surface area contributed by atoms with E-state index in [-0.39, 0.29) is 12.3 Å². The summed E-state index contributed by atoms with van der Waals surface area (Å²) in [6.07, 6.45) is -0.220. The second-order valence-corrected chi connectivity index (χ2v) is 8.26. The van der Waals surface area contributed by atoms with Crippen molar-refractivity contribution in [1.82, 2.24) is 19.7 Å². The summed E-state index contributed by atoms with van der Waals surface area (Å²) in [6, 6.07) is 6.37. The summed E-state index contributed by atoms with van der Waals surface area (Å²) in [5.41, 5.74) is 2.19. The molecule has 3 aromatic rings. The van der Waals surface area contributed by atoms with E-state index in [2.05, 4.69) is 37.0 Å². The van der Waals surface area contributed by atoms with Gasteiger partial charge in [0.25, 0.3) is 5.91 Å². The average molecular weight is 547 g/mol. The first kappa shape index (κ1) is 27.4. The van der Waals surface area contributed by atoms with Gasteiger partial charge in [0.15, 0.2) is 5.76 Å². The minimum Gasteiger partial charge on any atom is -0.471 e. The van der Waals surface area contributed by atoms with Gasteiger partial charge in [0.2, 0.25) is 11.8 Å². The molecule has 0 bridgehead atoms. The standard InChI is InChI=1S/C24H24F3N7O5/c1-15(39-22(36)24(25,26)27)20(35)30-17-5-3-4-16(10-17)14-38-21-19(34-6-8-37-9-7-34)12-28-23(32-21)31-18-11-29-33(2)13-18/h3-5,10-13H,1,6-9,14H2,2H3,(H,30,35)(H,28,31,32). The van der Waals surface area contributed by atoms with Crippen molar-refractivity contribution in [2.45, 2.75) is 12.8 Å². The Hall–Kier alpha value is -4.66. The highest BCUT2D eigenvalue weighted by atomic mass is 19.4. The van der Waals surface area contributed by atoms with Crippen LogP contribution in [0.5, 0.6) is 5.88 Å². The Morgan fingerprint density at radius 3 is 2.64 bits per heavy atom. The smallest absolute Gasteiger partial charge is 0.471 e. The van der Waals surface area contributed by atoms with Gasteiger partial charge in [-0.1, -0.05) is 18.7 Å². The highest BCUT2D eigenvalue weighted by molar-refractivity contribution is 6.03. The summed E-state index contributed by atoms with van der Waals surface area (Å²) in [5, 5.41) is 9.50. The summed E-state index contributed by atoms with van der Waals surface area (Å²) in [7, 11) is 1.78. The van der Waals surface area contributed by atoms with E-state index in [1.165, 1.54) is 6.07 Å². The topological polar surface area (TPSA) is 133 Å². The third kappa shape index (κ3) is 7.44. The number of amides is 1. The molecule has 0 atom stereocenters. The van der Waals surface area contributed by atoms with Crippen LogP contribution in [-0.2, 0) is 32.7 Å². The molecule has 39 heavy (non-hydrogen) atoms. The van der Waals surface area contributed by atoms with Crippen molar-refractivity contribution >= 4 is 34.9 Å². The van der Waals surface area contributed by atoms with Crippen LogP contribution in [-0.4, -0.2) is 64.1 Å². The molecule has 1 amide bonds. The maximum Gasteiger partial charge on any atom is 0.491 e. The predicted molar refractivity (Wildman–Crippen MR) is 132 cm³/mol. The molecule has 1 fully saturated rings. The normalized spacial score (nSPS) is 13.5. The van der Waals surface area contributed by atoms with Crippen molar-refractivity contribution in [2.24, 2.45) is 7.05 Å². The first-order chi connectivity index (χ1) is 18.6. The quantitative estimate of drug-likeness (QED) is 0.234. The van der Waals surface area contributed by atoms with Gasteiger partial charge in [-0.3, -0.25) is 9.48 Å². The van der Waals surface area contributed by atoms with Crippen molar-refractivity contribution in [2.75, 3.05) is 41.8 Å². The second-order valence-electron chi connectivity index (χ2n) is 8.26. The van der Waals surface area contributed by atoms with Crippen LogP contribution in [0.4, 0.5) is 36.2 Å². The lowest BCUT2D eigenvalue weighted by molar-refractivity contribution is -0.195. The van der Waals surface area contributed by atoms with E-state index < -0.39 is 23.8 Å². The number of hydrogen-bond acceptors (Lipinski definition) is 10. The van der Waals surface area contributed by atoms with Crippen molar-refractivity contribution in [3.8, 4) is 5.88 Å². The average Bonchev–Trinajstić information content (AvgIpc) is 3.32. The molecule has 1 aliphatic heterocycles. The monoisotopic (exact) mass is 547 g/mol. The fraction of sp³-hybridized carbons (Fsp3) is 0.292. The molecule has 15 heteroatoms. The molecule has 206 valence electrons. The maximum atomic E-state index is 12.4. The largest absolute Gasteiger partial charge is 0.491 e. The third-order valence-electron chi connectivity index (χ3n) is 5.31. The molecule has 1 saturated heterocycles. The molecule has 0 spiro atoms. The minimum absolute atomic E-state index is 0.0361. The van der Waals surface area contributed by atoms with Crippen LogP contribution >= 0.6 is 0 Å². The van der Waals surface area contributed by atoms with Crippen LogP contribution in [0.3, 0.4) is 0 Å². The van der Waals surface area contributed by atoms with Gasteiger partial charge in [0.05, 0.1) is 31.3 Å². The van der Waals surface area contributed by atoms with Crippen LogP contribution in [0.1, 0.15) is 5.56 Å². The molecule has 0 unspecified atom stereocenters. The molecular formula is C24H24F3N7O5. The highest BCUT2D eigenvalue weighted by Gasteiger charge is 2.42. The number of rotatable bonds is 9. The zero-order chi connectivity index (χ0) is 28.0. The molecule has 1 aliphatic rings. The predicted octanol–water partition coefficient (Wildman–Crippen LogP) is 2.93. The molecule has 1 aromatic carbocycles. The Balaban J connectivity index is 1.46. The van der Waals surface area contributed by atoms with E-state index in [9.17, 15) is 22.8 Å². The third-order valence-corrected chi connectivity index (χ3v) is 5.31. The van der Waals surface area contributed by atoms with Gasteiger partial charge >= 0.3 is 12.1 Å². The number of ether oxygens (including phenoxy) is 3. The van der Waals surface area contributed by atoms with Gasteiger partial charge in [-0.2, -0.15) is 23.3 Å². The molecule has 4 rings (SSSR count). The number of carbonyl (C=O) groups excluding carboxylic acids is 2. The molecule has 0 saturated carbocycles. The van der Waals surface area contributed by atoms with Gasteiger partial charge in [0.1, 0.15) is 12.3 Å². The van der Waals surface area contributed by atoms with Crippen molar-refractivity contribution in [1.29, 1.82) is 0 Å². The van der Waals surface area contributed by atoms with Gasteiger partial charge in [-0.05, 0) is 17.7 Å². The zero-order valence-electron chi connectivity index (χ0n) is 20.7. The molecule has 3 heterocycles. The summed E-state index contributed by atoms with van der Waals surface area (Å²) in [5.74, 6) is -4.04. The molecule has 12 nitrogen and oxygen atoms in total. The number of carbonyl (C=O) groups is 2. The van der Waals surface area contributed by atoms with E-state index in [1.807, 2.05) is 4.90 Å². The van der Waals surface area contributed by atoms with Gasteiger partial charge < -0.3 is 29.7 Å². The number of benzene rings is 1. The number of halogens is 3. The number of nitrogens with one attached hydrogen (secondary N) is 2. The van der Waals surface area contributed by atoms with Gasteiger partial charge in [0, 0.05) is 32.0 Å². The number of morpholine rings is 1. The number of alkyl halides is 3. The lowest BCUT2D eigenvalue weighted by Gasteiger charge is -2.29. The zero-order valence-corrected chi connectivity index (χ0v) is 20.7. The summed E-state index contributed by atoms with van der Waals surface area (Å²) < 4.78 is 54.2. The number of nitrogens with zero attached hydrogens (tertiary/aromatic N) is 5. The number of aromatic nitrogens is 4. The Morgan fingerprint density at radius 1 is 1.18 bits per heavy atom. The van der Waals surface area contributed by atoms with E-state index in [0.29, 0.717) is 55.1 Å². The SMILES string of the molecule is C=C(OC(=O)C(F)(F)F)C(=O)Nc1cccc(COc2nc(Nc3cnn(C)c3)ncc2N2CCOCC2)c1. The first-order valence-corrected chi connectivity index (χ1v) is 11.5. The van der Waals surface area contributed by atoms with E-state index in [1.54, 1.807) is 48.5 Å². The molecule has 2 aromatic heterocycles. The lowest BCUT2D eigenvalue weighted by atomic mass is 10.2. The van der Waals surface area contributed by atoms with Gasteiger partial charge in [-0.25, -0.2) is 9.78 Å². The van der Waals surface area contributed by atoms with Crippen molar-refractivity contribution < 1.29 is 37.0 Å². The Morgan fingerprint density at radius 2 is 1.95 bits per heavy atom. The van der Waals surface area contributed by atoms with Crippen LogP contribution in [0.25, 0.3) is 0 Å². The fourth-order valence-corrected chi connectivity index (χ4v) is 3.47. The molecule has 0 aliphatic carbocycles. The lowest BCUT2D eigenvalue weighted by Crippen LogP contribution is -2.36. The van der Waals surface area contributed by atoms with Crippen LogP contribution in [0.15, 0.2) is 55.2 Å². The second kappa shape index (κ2) is 11.8.